The average molecular weight is 167 g/mol. The molecule has 1 aromatic heterocycles. The first-order chi connectivity index (χ1) is 5.69. The summed E-state index contributed by atoms with van der Waals surface area (Å²) in [6.45, 7) is 1.84. The van der Waals surface area contributed by atoms with E-state index in [4.69, 9.17) is 5.73 Å². The highest BCUT2D eigenvalue weighted by Gasteiger charge is 2.12. The summed E-state index contributed by atoms with van der Waals surface area (Å²) in [5.74, 6) is -0.475. The lowest BCUT2D eigenvalue weighted by Crippen LogP contribution is -2.13. The lowest BCUT2D eigenvalue weighted by atomic mass is 10.2. The Bertz CT molecular complexity index is 316. The molecule has 0 aliphatic carbocycles. The van der Waals surface area contributed by atoms with Crippen LogP contribution in [0.15, 0.2) is 0 Å². The SMILES string of the molecule is CCc1[nH]c(C=O)nc1C(N)=O. The first kappa shape index (κ1) is 8.45. The third-order valence-corrected chi connectivity index (χ3v) is 1.50. The van der Waals surface area contributed by atoms with Crippen molar-refractivity contribution in [3.8, 4) is 0 Å². The Labute approximate surface area is 69.0 Å². The van der Waals surface area contributed by atoms with Crippen LogP contribution in [0.5, 0.6) is 0 Å². The number of hydrogen-bond donors (Lipinski definition) is 2. The molecule has 0 aromatic carbocycles. The predicted octanol–water partition coefficient (Wildman–Crippen LogP) is -0.116. The van der Waals surface area contributed by atoms with Crippen LogP contribution < -0.4 is 5.73 Å². The molecule has 1 rings (SSSR count). The second-order valence-corrected chi connectivity index (χ2v) is 2.28. The van der Waals surface area contributed by atoms with Gasteiger partial charge in [0.25, 0.3) is 5.91 Å². The number of primary amides is 1. The highest BCUT2D eigenvalue weighted by atomic mass is 16.1. The minimum Gasteiger partial charge on any atom is -0.364 e. The van der Waals surface area contributed by atoms with E-state index in [2.05, 4.69) is 9.97 Å². The monoisotopic (exact) mass is 167 g/mol. The number of carbonyl (C=O) groups excluding carboxylic acids is 2. The zero-order valence-corrected chi connectivity index (χ0v) is 6.63. The minimum absolute atomic E-state index is 0.139. The zero-order chi connectivity index (χ0) is 9.14. The fraction of sp³-hybridized carbons (Fsp3) is 0.286. The quantitative estimate of drug-likeness (QED) is 0.615. The number of nitrogens with zero attached hydrogens (tertiary/aromatic N) is 1. The van der Waals surface area contributed by atoms with Crippen LogP contribution in [0.2, 0.25) is 0 Å². The van der Waals surface area contributed by atoms with Crippen LogP contribution in [0.1, 0.15) is 33.7 Å². The number of H-pyrrole nitrogens is 1. The van der Waals surface area contributed by atoms with Gasteiger partial charge in [-0.05, 0) is 6.42 Å². The first-order valence-corrected chi connectivity index (χ1v) is 3.53. The molecule has 64 valence electrons. The van der Waals surface area contributed by atoms with Crippen molar-refractivity contribution < 1.29 is 9.59 Å². The van der Waals surface area contributed by atoms with Crippen LogP contribution in [0.25, 0.3) is 0 Å². The molecule has 0 fully saturated rings. The molecule has 5 nitrogen and oxygen atoms in total. The highest BCUT2D eigenvalue weighted by molar-refractivity contribution is 5.92. The predicted molar refractivity (Wildman–Crippen MR) is 41.9 cm³/mol. The van der Waals surface area contributed by atoms with E-state index in [1.54, 1.807) is 0 Å². The number of amides is 1. The van der Waals surface area contributed by atoms with E-state index in [1.807, 2.05) is 6.92 Å². The molecule has 0 saturated carbocycles. The van der Waals surface area contributed by atoms with Crippen molar-refractivity contribution in [3.63, 3.8) is 0 Å². The average Bonchev–Trinajstić information content (AvgIpc) is 2.47. The Morgan fingerprint density at radius 2 is 2.42 bits per heavy atom. The number of nitrogens with two attached hydrogens (primary N) is 1. The summed E-state index contributed by atoms with van der Waals surface area (Å²) in [5, 5.41) is 0. The molecule has 5 heteroatoms. The molecule has 1 amide bonds. The number of aldehydes is 1. The van der Waals surface area contributed by atoms with Crippen molar-refractivity contribution in [1.29, 1.82) is 0 Å². The summed E-state index contributed by atoms with van der Waals surface area (Å²) >= 11 is 0. The maximum Gasteiger partial charge on any atom is 0.269 e. The van der Waals surface area contributed by atoms with Crippen LogP contribution in [0, 0.1) is 0 Å². The van der Waals surface area contributed by atoms with Gasteiger partial charge in [0.05, 0.1) is 0 Å². The topological polar surface area (TPSA) is 88.8 Å². The third-order valence-electron chi connectivity index (χ3n) is 1.50. The third kappa shape index (κ3) is 1.34. The molecular weight excluding hydrogens is 158 g/mol. The molecular formula is C7H9N3O2. The van der Waals surface area contributed by atoms with E-state index < -0.39 is 5.91 Å². The molecule has 0 bridgehead atoms. The van der Waals surface area contributed by atoms with Gasteiger partial charge >= 0.3 is 0 Å². The van der Waals surface area contributed by atoms with E-state index in [-0.39, 0.29) is 11.5 Å². The van der Waals surface area contributed by atoms with Crippen LogP contribution in [-0.4, -0.2) is 22.2 Å². The Morgan fingerprint density at radius 3 is 2.75 bits per heavy atom. The Kier molecular flexibility index (Phi) is 2.23. The second kappa shape index (κ2) is 3.17. The summed E-state index contributed by atoms with van der Waals surface area (Å²) in [6.07, 6.45) is 1.14. The maximum atomic E-state index is 10.7. The summed E-state index contributed by atoms with van der Waals surface area (Å²) in [6, 6.07) is 0. The number of imidazole rings is 1. The molecule has 0 atom stereocenters. The Balaban J connectivity index is 3.16. The maximum absolute atomic E-state index is 10.7. The Morgan fingerprint density at radius 1 is 1.75 bits per heavy atom. The summed E-state index contributed by atoms with van der Waals surface area (Å²) in [5.41, 5.74) is 5.77. The van der Waals surface area contributed by atoms with Crippen LogP contribution in [0.4, 0.5) is 0 Å². The van der Waals surface area contributed by atoms with Gasteiger partial charge in [0.1, 0.15) is 5.69 Å². The van der Waals surface area contributed by atoms with E-state index in [0.717, 1.165) is 0 Å². The number of aromatic nitrogens is 2. The molecule has 0 aliphatic rings. The van der Waals surface area contributed by atoms with Gasteiger partial charge in [0.2, 0.25) is 0 Å². The molecule has 12 heavy (non-hydrogen) atoms. The van der Waals surface area contributed by atoms with Crippen molar-refractivity contribution in [1.82, 2.24) is 9.97 Å². The van der Waals surface area contributed by atoms with Crippen LogP contribution >= 0.6 is 0 Å². The summed E-state index contributed by atoms with van der Waals surface area (Å²) < 4.78 is 0. The first-order valence-electron chi connectivity index (χ1n) is 3.53. The molecule has 0 unspecified atom stereocenters. The smallest absolute Gasteiger partial charge is 0.269 e. The molecule has 0 spiro atoms. The fourth-order valence-corrected chi connectivity index (χ4v) is 0.945. The van der Waals surface area contributed by atoms with Crippen molar-refractivity contribution in [2.45, 2.75) is 13.3 Å². The lowest BCUT2D eigenvalue weighted by Gasteiger charge is -1.91. The van der Waals surface area contributed by atoms with Gasteiger partial charge in [-0.3, -0.25) is 9.59 Å². The van der Waals surface area contributed by atoms with Gasteiger partial charge in [-0.2, -0.15) is 0 Å². The largest absolute Gasteiger partial charge is 0.364 e. The fourth-order valence-electron chi connectivity index (χ4n) is 0.945. The van der Waals surface area contributed by atoms with E-state index in [0.29, 0.717) is 18.4 Å². The molecule has 0 aliphatic heterocycles. The molecule has 1 heterocycles. The van der Waals surface area contributed by atoms with Gasteiger partial charge in [-0.1, -0.05) is 6.92 Å². The minimum atomic E-state index is -0.615. The van der Waals surface area contributed by atoms with Gasteiger partial charge in [0, 0.05) is 5.69 Å². The highest BCUT2D eigenvalue weighted by Crippen LogP contribution is 2.04. The summed E-state index contributed by atoms with van der Waals surface area (Å²) in [7, 11) is 0. The van der Waals surface area contributed by atoms with Crippen LogP contribution in [0.3, 0.4) is 0 Å². The van der Waals surface area contributed by atoms with Crippen LogP contribution in [-0.2, 0) is 6.42 Å². The van der Waals surface area contributed by atoms with Crippen molar-refractivity contribution in [2.75, 3.05) is 0 Å². The summed E-state index contributed by atoms with van der Waals surface area (Å²) in [4.78, 5) is 27.4. The number of hydrogen-bond acceptors (Lipinski definition) is 3. The Hall–Kier alpha value is -1.65. The van der Waals surface area contributed by atoms with Crippen molar-refractivity contribution in [3.05, 3.63) is 17.2 Å². The zero-order valence-electron chi connectivity index (χ0n) is 6.63. The van der Waals surface area contributed by atoms with Gasteiger partial charge in [-0.25, -0.2) is 4.98 Å². The second-order valence-electron chi connectivity index (χ2n) is 2.28. The number of aromatic amines is 1. The van der Waals surface area contributed by atoms with E-state index in [9.17, 15) is 9.59 Å². The number of rotatable bonds is 3. The molecule has 3 N–H and O–H groups in total. The van der Waals surface area contributed by atoms with Gasteiger partial charge in [0.15, 0.2) is 12.1 Å². The number of carbonyl (C=O) groups is 2. The van der Waals surface area contributed by atoms with Crippen molar-refractivity contribution >= 4 is 12.2 Å². The standard InChI is InChI=1S/C7H9N3O2/c1-2-4-6(7(8)12)10-5(3-11)9-4/h3H,2H2,1H3,(H2,8,12)(H,9,10). The van der Waals surface area contributed by atoms with E-state index in [1.165, 1.54) is 0 Å². The number of aryl methyl sites for hydroxylation is 1. The van der Waals surface area contributed by atoms with E-state index >= 15 is 0 Å². The number of nitrogens with one attached hydrogen (secondary N) is 1. The normalized spacial score (nSPS) is 9.75. The van der Waals surface area contributed by atoms with Crippen molar-refractivity contribution in [2.24, 2.45) is 5.73 Å². The molecule has 1 aromatic rings. The lowest BCUT2D eigenvalue weighted by molar-refractivity contribution is 0.0995. The molecule has 0 saturated heterocycles. The van der Waals surface area contributed by atoms with Gasteiger partial charge < -0.3 is 10.7 Å². The van der Waals surface area contributed by atoms with Gasteiger partial charge in [-0.15, -0.1) is 0 Å². The molecule has 0 radical (unpaired) electrons.